The van der Waals surface area contributed by atoms with Gasteiger partial charge in [0.25, 0.3) is 0 Å². The molecular weight excluding hydrogens is 238 g/mol. The maximum atomic E-state index is 5.09. The van der Waals surface area contributed by atoms with Crippen molar-refractivity contribution in [1.82, 2.24) is 0 Å². The van der Waals surface area contributed by atoms with E-state index in [2.05, 4.69) is 17.5 Å². The van der Waals surface area contributed by atoms with Crippen LogP contribution in [0.25, 0.3) is 5.43 Å². The Morgan fingerprint density at radius 2 is 1.60 bits per heavy atom. The first-order chi connectivity index (χ1) is 8.79. The average molecular weight is 252 g/mol. The summed E-state index contributed by atoms with van der Waals surface area (Å²) in [5, 5.41) is 4.11. The fourth-order valence-corrected chi connectivity index (χ4v) is 1.45. The van der Waals surface area contributed by atoms with Gasteiger partial charge in [-0.25, -0.2) is 6.92 Å². The van der Waals surface area contributed by atoms with E-state index in [1.54, 1.807) is 7.11 Å². The van der Waals surface area contributed by atoms with Crippen LogP contribution in [0.1, 0.15) is 5.56 Å². The van der Waals surface area contributed by atoms with Gasteiger partial charge in [-0.05, 0) is 12.1 Å². The van der Waals surface area contributed by atoms with Crippen LogP contribution >= 0.6 is 0 Å². The van der Waals surface area contributed by atoms with Crippen molar-refractivity contribution in [1.29, 1.82) is 0 Å². The molecule has 0 atom stereocenters. The van der Waals surface area contributed by atoms with Crippen LogP contribution < -0.4 is 42.5 Å². The molecule has 0 aliphatic rings. The van der Waals surface area contributed by atoms with Crippen molar-refractivity contribution >= 4 is 11.4 Å². The van der Waals surface area contributed by atoms with E-state index in [0.717, 1.165) is 17.0 Å². The number of hydrogen-bond acceptors (Lipinski definition) is 2. The predicted octanol–water partition coefficient (Wildman–Crippen LogP) is -2.05. The number of hydrogen-bond donors (Lipinski definition) is 0. The van der Waals surface area contributed by atoms with Gasteiger partial charge >= 0.3 is 37.7 Å². The third-order valence-electron chi connectivity index (χ3n) is 2.47. The van der Waals surface area contributed by atoms with Gasteiger partial charge in [-0.1, -0.05) is 30.3 Å². The zero-order valence-corrected chi connectivity index (χ0v) is 12.2. The molecule has 0 unspecified atom stereocenters. The monoisotopic (exact) mass is 252 g/mol. The second-order valence-corrected chi connectivity index (χ2v) is 3.71. The molecule has 0 saturated carbocycles. The number of ether oxygens (including phenoxy) is 1. The Morgan fingerprint density at radius 1 is 1.00 bits per heavy atom. The van der Waals surface area contributed by atoms with Crippen molar-refractivity contribution in [3.05, 3.63) is 72.5 Å². The molecule has 2 aromatic carbocycles. The van der Waals surface area contributed by atoms with E-state index in [9.17, 15) is 0 Å². The molecule has 0 radical (unpaired) electrons. The first kappa shape index (κ1) is 18.8. The van der Waals surface area contributed by atoms with Crippen LogP contribution in [0, 0.1) is 6.92 Å². The van der Waals surface area contributed by atoms with Crippen LogP contribution in [0.15, 0.2) is 59.7 Å². The van der Waals surface area contributed by atoms with Crippen LogP contribution in [-0.4, -0.2) is 12.8 Å². The summed E-state index contributed by atoms with van der Waals surface area (Å²) < 4.78 is 5.09. The molecule has 2 rings (SSSR count). The van der Waals surface area contributed by atoms with Gasteiger partial charge in [0, 0.05) is 0 Å². The van der Waals surface area contributed by atoms with Gasteiger partial charge in [-0.15, -0.1) is 23.5 Å². The molecule has 0 aliphatic carbocycles. The number of benzene rings is 2. The summed E-state index contributed by atoms with van der Waals surface area (Å²) >= 11 is 0. The van der Waals surface area contributed by atoms with E-state index in [4.69, 9.17) is 4.74 Å². The van der Waals surface area contributed by atoms with Gasteiger partial charge in [0.15, 0.2) is 0 Å². The van der Waals surface area contributed by atoms with Crippen molar-refractivity contribution in [2.24, 2.45) is 5.10 Å². The molecule has 0 aromatic heterocycles. The molecule has 2 aromatic rings. The molecule has 20 heavy (non-hydrogen) atoms. The van der Waals surface area contributed by atoms with Crippen LogP contribution in [0.4, 0.5) is 5.69 Å². The largest absolute Gasteiger partial charge is 1.00 e. The maximum absolute atomic E-state index is 5.09. The summed E-state index contributed by atoms with van der Waals surface area (Å²) in [6.45, 7) is 3.89. The van der Waals surface area contributed by atoms with Gasteiger partial charge in [-0.3, -0.25) is 0 Å². The Hall–Kier alpha value is -1.23. The van der Waals surface area contributed by atoms with Crippen LogP contribution in [0.5, 0.6) is 5.75 Å². The van der Waals surface area contributed by atoms with E-state index in [-0.39, 0.29) is 37.7 Å². The van der Waals surface area contributed by atoms with Gasteiger partial charge in [0.2, 0.25) is 0 Å². The standard InChI is InChI=1S/C15H14N2O.2Li/c1-12(13-8-10-15(18-2)11-9-13)16-17-14-6-4-3-5-7-14;;/h3-11H,1H2,2H3;;/q-2;2*+1/b16-12+;;. The third kappa shape index (κ3) is 5.41. The summed E-state index contributed by atoms with van der Waals surface area (Å²) in [6, 6.07) is 17.1. The second kappa shape index (κ2) is 9.64. The molecule has 0 saturated heterocycles. The first-order valence-corrected chi connectivity index (χ1v) is 5.60. The zero-order valence-electron chi connectivity index (χ0n) is 12.2. The van der Waals surface area contributed by atoms with E-state index in [1.165, 1.54) is 0 Å². The van der Waals surface area contributed by atoms with E-state index >= 15 is 0 Å². The topological polar surface area (TPSA) is 35.7 Å². The molecule has 0 fully saturated rings. The Kier molecular flexibility index (Phi) is 9.05. The Morgan fingerprint density at radius 3 is 2.15 bits per heavy atom. The van der Waals surface area contributed by atoms with Gasteiger partial charge in [0.05, 0.1) is 7.11 Å². The summed E-state index contributed by atoms with van der Waals surface area (Å²) in [5.74, 6) is 0.812. The fourth-order valence-electron chi connectivity index (χ4n) is 1.45. The van der Waals surface area contributed by atoms with Gasteiger partial charge in [0.1, 0.15) is 5.75 Å². The Labute approximate surface area is 144 Å². The van der Waals surface area contributed by atoms with Crippen molar-refractivity contribution in [3.8, 4) is 5.75 Å². The zero-order chi connectivity index (χ0) is 12.8. The second-order valence-electron chi connectivity index (χ2n) is 3.71. The van der Waals surface area contributed by atoms with Crippen molar-refractivity contribution < 1.29 is 42.5 Å². The molecule has 0 spiro atoms. The quantitative estimate of drug-likeness (QED) is 0.267. The number of methoxy groups -OCH3 is 1. The maximum Gasteiger partial charge on any atom is 1.00 e. The first-order valence-electron chi connectivity index (χ1n) is 5.60. The summed E-state index contributed by atoms with van der Waals surface area (Å²) in [4.78, 5) is 0. The molecule has 5 heteroatoms. The summed E-state index contributed by atoms with van der Waals surface area (Å²) in [6.07, 6.45) is 0. The van der Waals surface area contributed by atoms with E-state index in [0.29, 0.717) is 5.71 Å². The summed E-state index contributed by atoms with van der Waals surface area (Å²) in [7, 11) is 1.64. The smallest absolute Gasteiger partial charge is 0.578 e. The normalized spacial score (nSPS) is 9.95. The van der Waals surface area contributed by atoms with Gasteiger partial charge < -0.3 is 15.3 Å². The Bertz CT molecular complexity index is 527. The molecule has 92 valence electrons. The van der Waals surface area contributed by atoms with Gasteiger partial charge in [-0.2, -0.15) is 5.56 Å². The van der Waals surface area contributed by atoms with Crippen molar-refractivity contribution in [3.63, 3.8) is 0 Å². The minimum atomic E-state index is 0. The molecule has 0 aliphatic heterocycles. The minimum Gasteiger partial charge on any atom is -0.578 e. The summed E-state index contributed by atoms with van der Waals surface area (Å²) in [5.41, 5.74) is 6.48. The molecule has 0 N–H and O–H groups in total. The third-order valence-corrected chi connectivity index (χ3v) is 2.47. The number of rotatable bonds is 4. The minimum absolute atomic E-state index is 0. The van der Waals surface area contributed by atoms with Crippen molar-refractivity contribution in [2.45, 2.75) is 0 Å². The van der Waals surface area contributed by atoms with E-state index < -0.39 is 0 Å². The average Bonchev–Trinajstić information content (AvgIpc) is 2.46. The van der Waals surface area contributed by atoms with Crippen molar-refractivity contribution in [2.75, 3.05) is 7.11 Å². The molecular formula is C15H14Li2N2O. The van der Waals surface area contributed by atoms with Crippen LogP contribution in [0.2, 0.25) is 0 Å². The van der Waals surface area contributed by atoms with E-state index in [1.807, 2.05) is 54.6 Å². The predicted molar refractivity (Wildman–Crippen MR) is 74.3 cm³/mol. The number of nitrogens with zero attached hydrogens (tertiary/aromatic N) is 2. The molecule has 0 bridgehead atoms. The molecule has 0 amide bonds. The van der Waals surface area contributed by atoms with Crippen LogP contribution in [-0.2, 0) is 0 Å². The Balaban J connectivity index is 0.00000180. The molecule has 0 heterocycles. The fraction of sp³-hybridized carbons (Fsp3) is 0.0667. The van der Waals surface area contributed by atoms with Crippen LogP contribution in [0.3, 0.4) is 0 Å². The molecule has 3 nitrogen and oxygen atoms in total. The SMILES string of the molecule is [CH2-]/C(=N\[N-]c1ccccc1)c1ccc(OC)cc1.[Li+].[Li+].